The molecule has 0 aliphatic rings. The minimum atomic E-state index is -3.94. The first-order valence-electron chi connectivity index (χ1n) is 9.95. The first-order chi connectivity index (χ1) is 15.8. The van der Waals surface area contributed by atoms with Crippen molar-refractivity contribution in [1.82, 2.24) is 4.31 Å². The number of aliphatic carboxylic acids is 1. The average Bonchev–Trinajstić information content (AvgIpc) is 2.83. The molecule has 168 valence electrons. The molecular weight excluding hydrogens is 440 g/mol. The first kappa shape index (κ1) is 23.7. The van der Waals surface area contributed by atoms with Crippen LogP contribution in [0.4, 0.5) is 0 Å². The van der Waals surface area contributed by atoms with Crippen LogP contribution >= 0.6 is 0 Å². The average molecular weight is 463 g/mol. The molecule has 0 spiro atoms. The minimum absolute atomic E-state index is 0.0576. The number of carbonyl (C=O) groups is 1. The molecule has 0 heterocycles. The maximum absolute atomic E-state index is 13.6. The summed E-state index contributed by atoms with van der Waals surface area (Å²) in [4.78, 5) is 10.8. The van der Waals surface area contributed by atoms with Gasteiger partial charge in [0.25, 0.3) is 0 Å². The van der Waals surface area contributed by atoms with E-state index in [-0.39, 0.29) is 23.7 Å². The molecule has 3 aromatic rings. The van der Waals surface area contributed by atoms with E-state index in [9.17, 15) is 13.2 Å². The van der Waals surface area contributed by atoms with Crippen LogP contribution in [0.5, 0.6) is 5.75 Å². The molecule has 3 aromatic carbocycles. The Morgan fingerprint density at radius 3 is 2.12 bits per heavy atom. The zero-order valence-corrected chi connectivity index (χ0v) is 18.7. The predicted molar refractivity (Wildman–Crippen MR) is 124 cm³/mol. The Kier molecular flexibility index (Phi) is 7.61. The number of hydrogen-bond donors (Lipinski definition) is 1. The van der Waals surface area contributed by atoms with E-state index < -0.39 is 16.0 Å². The number of nitriles is 1. The number of carboxylic acid groups (broad SMARTS) is 1. The molecule has 0 bridgehead atoms. The minimum Gasteiger partial charge on any atom is -0.495 e. The van der Waals surface area contributed by atoms with Gasteiger partial charge in [0.1, 0.15) is 10.6 Å². The summed E-state index contributed by atoms with van der Waals surface area (Å²) in [6, 6.07) is 22.2. The second-order valence-electron chi connectivity index (χ2n) is 7.15. The van der Waals surface area contributed by atoms with Gasteiger partial charge in [-0.25, -0.2) is 13.2 Å². The first-order valence-corrected chi connectivity index (χ1v) is 11.4. The highest BCUT2D eigenvalue weighted by atomic mass is 32.2. The van der Waals surface area contributed by atoms with Crippen molar-refractivity contribution in [3.8, 4) is 11.8 Å². The zero-order chi connectivity index (χ0) is 23.8. The van der Waals surface area contributed by atoms with Crippen molar-refractivity contribution >= 4 is 22.1 Å². The lowest BCUT2D eigenvalue weighted by molar-refractivity contribution is -0.131. The van der Waals surface area contributed by atoms with E-state index in [1.807, 2.05) is 0 Å². The van der Waals surface area contributed by atoms with Crippen LogP contribution in [-0.2, 0) is 27.9 Å². The largest absolute Gasteiger partial charge is 0.495 e. The fourth-order valence-corrected chi connectivity index (χ4v) is 4.76. The quantitative estimate of drug-likeness (QED) is 0.481. The summed E-state index contributed by atoms with van der Waals surface area (Å²) in [7, 11) is -2.52. The molecule has 7 nitrogen and oxygen atoms in total. The summed E-state index contributed by atoms with van der Waals surface area (Å²) < 4.78 is 33.8. The topological polar surface area (TPSA) is 108 Å². The molecule has 0 fully saturated rings. The van der Waals surface area contributed by atoms with Crippen molar-refractivity contribution in [2.45, 2.75) is 18.0 Å². The van der Waals surface area contributed by atoms with Gasteiger partial charge in [0.2, 0.25) is 10.0 Å². The van der Waals surface area contributed by atoms with Crippen LogP contribution < -0.4 is 4.74 Å². The number of ether oxygens (including phenoxy) is 1. The Balaban J connectivity index is 1.96. The van der Waals surface area contributed by atoms with Gasteiger partial charge in [-0.2, -0.15) is 9.57 Å². The van der Waals surface area contributed by atoms with Crippen molar-refractivity contribution in [3.63, 3.8) is 0 Å². The number of hydrogen-bond acceptors (Lipinski definition) is 5. The molecule has 0 aliphatic heterocycles. The fraction of sp³-hybridized carbons (Fsp3) is 0.120. The maximum atomic E-state index is 13.6. The second kappa shape index (κ2) is 10.6. The molecule has 33 heavy (non-hydrogen) atoms. The molecule has 0 aliphatic carbocycles. The van der Waals surface area contributed by atoms with E-state index >= 15 is 0 Å². The SMILES string of the molecule is COc1ccccc1S(=O)(=O)N(Cc1ccc(C#N)cc1)Cc1ccc(/C=C/C(=O)O)cc1. The van der Waals surface area contributed by atoms with Crippen LogP contribution in [0, 0.1) is 11.3 Å². The van der Waals surface area contributed by atoms with Gasteiger partial charge in [0.05, 0.1) is 18.7 Å². The molecule has 0 unspecified atom stereocenters. The highest BCUT2D eigenvalue weighted by Crippen LogP contribution is 2.28. The van der Waals surface area contributed by atoms with Gasteiger partial charge in [-0.05, 0) is 47.0 Å². The second-order valence-corrected chi connectivity index (χ2v) is 9.05. The van der Waals surface area contributed by atoms with Crippen molar-refractivity contribution in [3.05, 3.63) is 101 Å². The van der Waals surface area contributed by atoms with Crippen molar-refractivity contribution < 1.29 is 23.1 Å². The van der Waals surface area contributed by atoms with Crippen LogP contribution in [0.25, 0.3) is 6.08 Å². The van der Waals surface area contributed by atoms with E-state index in [1.165, 1.54) is 23.6 Å². The van der Waals surface area contributed by atoms with Crippen LogP contribution in [0.3, 0.4) is 0 Å². The predicted octanol–water partition coefficient (Wildman–Crippen LogP) is 4.06. The van der Waals surface area contributed by atoms with Gasteiger partial charge in [-0.15, -0.1) is 0 Å². The maximum Gasteiger partial charge on any atom is 0.328 e. The van der Waals surface area contributed by atoms with Gasteiger partial charge in [-0.1, -0.05) is 48.5 Å². The number of nitrogens with zero attached hydrogens (tertiary/aromatic N) is 2. The number of para-hydroxylation sites is 1. The normalized spacial score (nSPS) is 11.4. The monoisotopic (exact) mass is 462 g/mol. The summed E-state index contributed by atoms with van der Waals surface area (Å²) in [5, 5.41) is 17.8. The van der Waals surface area contributed by atoms with Gasteiger partial charge >= 0.3 is 5.97 Å². The highest BCUT2D eigenvalue weighted by Gasteiger charge is 2.28. The van der Waals surface area contributed by atoms with E-state index in [4.69, 9.17) is 15.1 Å². The Morgan fingerprint density at radius 1 is 1.00 bits per heavy atom. The lowest BCUT2D eigenvalue weighted by Crippen LogP contribution is -2.30. The molecule has 0 amide bonds. The third-order valence-corrected chi connectivity index (χ3v) is 6.72. The van der Waals surface area contributed by atoms with Crippen molar-refractivity contribution in [2.75, 3.05) is 7.11 Å². The number of methoxy groups -OCH3 is 1. The van der Waals surface area contributed by atoms with E-state index in [0.29, 0.717) is 11.1 Å². The van der Waals surface area contributed by atoms with Crippen molar-refractivity contribution in [2.24, 2.45) is 0 Å². The summed E-state index contributed by atoms with van der Waals surface area (Å²) in [6.45, 7) is 0.177. The molecule has 3 rings (SSSR count). The van der Waals surface area contributed by atoms with Crippen LogP contribution in [0.1, 0.15) is 22.3 Å². The number of rotatable bonds is 9. The smallest absolute Gasteiger partial charge is 0.328 e. The molecule has 0 atom stereocenters. The Hall–Kier alpha value is -3.93. The van der Waals surface area contributed by atoms with E-state index in [1.54, 1.807) is 66.7 Å². The molecular formula is C25H22N2O5S. The van der Waals surface area contributed by atoms with Crippen LogP contribution in [-0.4, -0.2) is 30.9 Å². The number of benzene rings is 3. The molecule has 1 N–H and O–H groups in total. The highest BCUT2D eigenvalue weighted by molar-refractivity contribution is 7.89. The summed E-state index contributed by atoms with van der Waals surface area (Å²) >= 11 is 0. The fourth-order valence-electron chi connectivity index (χ4n) is 3.19. The lowest BCUT2D eigenvalue weighted by Gasteiger charge is -2.23. The Morgan fingerprint density at radius 2 is 1.58 bits per heavy atom. The molecule has 0 radical (unpaired) electrons. The third kappa shape index (κ3) is 6.07. The Bertz CT molecular complexity index is 1290. The van der Waals surface area contributed by atoms with E-state index in [2.05, 4.69) is 6.07 Å². The molecule has 0 aromatic heterocycles. The molecule has 0 saturated heterocycles. The number of carboxylic acids is 1. The van der Waals surface area contributed by atoms with Gasteiger partial charge in [-0.3, -0.25) is 0 Å². The van der Waals surface area contributed by atoms with Gasteiger partial charge in [0, 0.05) is 19.2 Å². The standard InChI is InChI=1S/C25H22N2O5S/c1-32-23-4-2-3-5-24(23)33(30,31)27(18-22-12-8-20(16-26)9-13-22)17-21-10-6-19(7-11-21)14-15-25(28)29/h2-15H,17-18H2,1H3,(H,28,29)/b15-14+. The summed E-state index contributed by atoms with van der Waals surface area (Å²) in [5.74, 6) is -0.799. The van der Waals surface area contributed by atoms with Gasteiger partial charge in [0.15, 0.2) is 0 Å². The van der Waals surface area contributed by atoms with E-state index in [0.717, 1.165) is 17.2 Å². The Labute approximate surface area is 192 Å². The molecule has 8 heteroatoms. The number of sulfonamides is 1. The third-order valence-electron chi connectivity index (χ3n) is 4.89. The van der Waals surface area contributed by atoms with Crippen LogP contribution in [0.15, 0.2) is 83.8 Å². The van der Waals surface area contributed by atoms with Crippen LogP contribution in [0.2, 0.25) is 0 Å². The lowest BCUT2D eigenvalue weighted by atomic mass is 10.1. The summed E-state index contributed by atoms with van der Waals surface area (Å²) in [6.07, 6.45) is 2.50. The molecule has 0 saturated carbocycles. The van der Waals surface area contributed by atoms with Crippen molar-refractivity contribution in [1.29, 1.82) is 5.26 Å². The zero-order valence-electron chi connectivity index (χ0n) is 17.9. The summed E-state index contributed by atoms with van der Waals surface area (Å²) in [5.41, 5.74) is 2.64. The van der Waals surface area contributed by atoms with Gasteiger partial charge < -0.3 is 9.84 Å².